The maximum absolute atomic E-state index is 13.0. The lowest BCUT2D eigenvalue weighted by molar-refractivity contribution is -0.750. The number of piperidine rings is 1. The first kappa shape index (κ1) is 26.1. The average Bonchev–Trinajstić information content (AvgIpc) is 3.45. The van der Waals surface area contributed by atoms with Gasteiger partial charge in [-0.05, 0) is 62.1 Å². The molecule has 1 aromatic heterocycles. The Bertz CT molecular complexity index is 1540. The molecule has 2 saturated heterocycles. The lowest BCUT2D eigenvalue weighted by Gasteiger charge is -2.35. The van der Waals surface area contributed by atoms with Gasteiger partial charge in [0.2, 0.25) is 11.6 Å². The second-order valence-electron chi connectivity index (χ2n) is 10.5. The van der Waals surface area contributed by atoms with Crippen molar-refractivity contribution < 1.29 is 27.4 Å². The molecule has 0 spiro atoms. The molecule has 0 radical (unpaired) electrons. The van der Waals surface area contributed by atoms with Crippen LogP contribution in [0.15, 0.2) is 70.3 Å². The summed E-state index contributed by atoms with van der Waals surface area (Å²) in [5.74, 6) is 6.87. The molecule has 2 fully saturated rings. The van der Waals surface area contributed by atoms with Crippen LogP contribution in [0.4, 0.5) is 19.0 Å². The number of halogens is 3. The third kappa shape index (κ3) is 4.42. The number of allylic oxidation sites excluding steroid dienone is 1. The monoisotopic (exact) mass is 550 g/mol. The predicted octanol–water partition coefficient (Wildman–Crippen LogP) is 4.28. The zero-order chi connectivity index (χ0) is 28.2. The highest BCUT2D eigenvalue weighted by atomic mass is 19.4. The lowest BCUT2D eigenvalue weighted by Crippen LogP contribution is -2.53. The van der Waals surface area contributed by atoms with Gasteiger partial charge in [-0.1, -0.05) is 0 Å². The van der Waals surface area contributed by atoms with Gasteiger partial charge in [0.05, 0.1) is 23.5 Å². The van der Waals surface area contributed by atoms with Gasteiger partial charge in [-0.25, -0.2) is 4.98 Å². The van der Waals surface area contributed by atoms with Crippen molar-refractivity contribution in [2.75, 3.05) is 11.9 Å². The molecule has 12 heteroatoms. The third-order valence-corrected chi connectivity index (χ3v) is 7.99. The number of rotatable bonds is 4. The summed E-state index contributed by atoms with van der Waals surface area (Å²) in [6.45, 7) is 2.41. The summed E-state index contributed by atoms with van der Waals surface area (Å²) in [5, 5.41) is 2.43. The molecule has 4 aliphatic rings. The number of alkyl halides is 3. The number of carbonyl (C=O) groups is 2. The standard InChI is InChI=1S/C28H26F3N7O2/c1-16-12-17(27(40)35-23-13-19(8-9-34-23)28(29,30)31)3-6-21(16)26-36-25(22-14-33-10-11-38(22,26)32)18-2-4-20-5-7-24(39)37(20)15-18/h3,6,8-14,18,20H,2,4-5,7,15,32H2,1H3/p+1/t18-,20+,38?/m1/s1. The number of nitrogens with zero attached hydrogens (tertiary/aromatic N) is 5. The molecule has 9 nitrogen and oxygen atoms in total. The van der Waals surface area contributed by atoms with Crippen LogP contribution in [0, 0.1) is 12.8 Å². The molecule has 4 aliphatic heterocycles. The van der Waals surface area contributed by atoms with Crippen molar-refractivity contribution in [2.24, 2.45) is 21.7 Å². The summed E-state index contributed by atoms with van der Waals surface area (Å²) < 4.78 is 39.0. The fraction of sp³-hybridized carbons (Fsp3) is 0.321. The molecule has 0 aliphatic carbocycles. The predicted molar refractivity (Wildman–Crippen MR) is 141 cm³/mol. The lowest BCUT2D eigenvalue weighted by atomic mass is 9.90. The highest BCUT2D eigenvalue weighted by Crippen LogP contribution is 2.40. The second-order valence-corrected chi connectivity index (χ2v) is 10.5. The van der Waals surface area contributed by atoms with E-state index < -0.39 is 17.6 Å². The van der Waals surface area contributed by atoms with Gasteiger partial charge in [0, 0.05) is 36.7 Å². The van der Waals surface area contributed by atoms with Gasteiger partial charge in [0.15, 0.2) is 0 Å². The summed E-state index contributed by atoms with van der Waals surface area (Å²) >= 11 is 0. The first-order valence-corrected chi connectivity index (χ1v) is 13.0. The van der Waals surface area contributed by atoms with E-state index in [1.54, 1.807) is 36.8 Å². The summed E-state index contributed by atoms with van der Waals surface area (Å²) in [4.78, 5) is 40.4. The van der Waals surface area contributed by atoms with Crippen molar-refractivity contribution >= 4 is 29.7 Å². The third-order valence-electron chi connectivity index (χ3n) is 7.99. The number of hydrogen-bond donors (Lipinski definition) is 2. The average molecular weight is 551 g/mol. The van der Waals surface area contributed by atoms with Gasteiger partial charge >= 0.3 is 6.18 Å². The molecule has 1 unspecified atom stereocenters. The number of benzene rings is 1. The van der Waals surface area contributed by atoms with Crippen LogP contribution in [-0.2, 0) is 11.0 Å². The fourth-order valence-corrected chi connectivity index (χ4v) is 5.90. The number of hydrogen-bond acceptors (Lipinski definition) is 6. The molecular weight excluding hydrogens is 523 g/mol. The number of anilines is 1. The topological polar surface area (TPSA) is 113 Å². The van der Waals surface area contributed by atoms with Crippen LogP contribution in [0.3, 0.4) is 0 Å². The summed E-state index contributed by atoms with van der Waals surface area (Å²) in [6.07, 6.45) is 4.81. The van der Waals surface area contributed by atoms with E-state index in [0.717, 1.165) is 54.5 Å². The van der Waals surface area contributed by atoms with Crippen LogP contribution in [0.2, 0.25) is 0 Å². The van der Waals surface area contributed by atoms with Crippen LogP contribution in [0.1, 0.15) is 52.7 Å². The van der Waals surface area contributed by atoms with Gasteiger partial charge in [0.1, 0.15) is 17.7 Å². The maximum Gasteiger partial charge on any atom is 0.416 e. The van der Waals surface area contributed by atoms with Crippen molar-refractivity contribution in [3.8, 4) is 0 Å². The molecule has 3 atom stereocenters. The zero-order valence-electron chi connectivity index (χ0n) is 21.7. The second kappa shape index (κ2) is 9.49. The van der Waals surface area contributed by atoms with Crippen molar-refractivity contribution in [1.82, 2.24) is 9.88 Å². The van der Waals surface area contributed by atoms with Crippen LogP contribution < -0.4 is 11.2 Å². The molecule has 0 saturated carbocycles. The summed E-state index contributed by atoms with van der Waals surface area (Å²) in [5.41, 5.74) is 2.32. The molecule has 2 amide bonds. The Balaban J connectivity index is 1.28. The smallest absolute Gasteiger partial charge is 0.339 e. The molecule has 2 aromatic rings. The minimum absolute atomic E-state index is 0.0233. The number of aromatic nitrogens is 1. The molecule has 0 bridgehead atoms. The van der Waals surface area contributed by atoms with E-state index in [4.69, 9.17) is 10.8 Å². The van der Waals surface area contributed by atoms with Crippen LogP contribution >= 0.6 is 0 Å². The quantitative estimate of drug-likeness (QED) is 0.437. The molecule has 206 valence electrons. The van der Waals surface area contributed by atoms with E-state index in [9.17, 15) is 22.8 Å². The van der Waals surface area contributed by atoms with Crippen LogP contribution in [0.25, 0.3) is 0 Å². The van der Waals surface area contributed by atoms with Gasteiger partial charge < -0.3 is 10.2 Å². The molecule has 1 aromatic carbocycles. The maximum atomic E-state index is 13.0. The van der Waals surface area contributed by atoms with Crippen molar-refractivity contribution in [3.63, 3.8) is 0 Å². The Labute approximate surface area is 228 Å². The normalized spacial score (nSPS) is 25.7. The van der Waals surface area contributed by atoms with Gasteiger partial charge in [-0.3, -0.25) is 14.6 Å². The number of quaternary nitrogens is 1. The number of aliphatic imine (C=N–C) groups is 2. The van der Waals surface area contributed by atoms with E-state index in [1.165, 1.54) is 0 Å². The number of pyridine rings is 1. The largest absolute Gasteiger partial charge is 0.416 e. The van der Waals surface area contributed by atoms with Crippen molar-refractivity contribution in [2.45, 2.75) is 44.8 Å². The zero-order valence-corrected chi connectivity index (χ0v) is 21.7. The van der Waals surface area contributed by atoms with Gasteiger partial charge in [-0.2, -0.15) is 24.0 Å². The van der Waals surface area contributed by atoms with Crippen molar-refractivity contribution in [3.05, 3.63) is 82.6 Å². The first-order chi connectivity index (χ1) is 19.0. The van der Waals surface area contributed by atoms with Crippen LogP contribution in [0.5, 0.6) is 0 Å². The van der Waals surface area contributed by atoms with E-state index in [0.29, 0.717) is 30.4 Å². The fourth-order valence-electron chi connectivity index (χ4n) is 5.90. The highest BCUT2D eigenvalue weighted by molar-refractivity contribution is 6.06. The van der Waals surface area contributed by atoms with E-state index in [1.807, 2.05) is 11.8 Å². The minimum Gasteiger partial charge on any atom is -0.339 e. The number of amides is 2. The Hall–Kier alpha value is -4.16. The van der Waals surface area contributed by atoms with Crippen LogP contribution in [-0.4, -0.2) is 50.9 Å². The number of nitrogens with one attached hydrogen (secondary N) is 1. The van der Waals surface area contributed by atoms with Crippen molar-refractivity contribution in [1.29, 1.82) is 0 Å². The molecule has 3 N–H and O–H groups in total. The first-order valence-electron chi connectivity index (χ1n) is 13.0. The SMILES string of the molecule is Cc1cc(C(=O)Nc2cc(C(F)(F)F)ccn2)ccc1C1=NC([C@@H]2CC[C@H]3CCC(=O)N3C2)=C2C=NC=C[N+]12N. The van der Waals surface area contributed by atoms with Gasteiger partial charge in [0.25, 0.3) is 11.7 Å². The highest BCUT2D eigenvalue weighted by Gasteiger charge is 2.48. The van der Waals surface area contributed by atoms with E-state index in [2.05, 4.69) is 15.3 Å². The Morgan fingerprint density at radius 2 is 2.00 bits per heavy atom. The Morgan fingerprint density at radius 1 is 1.18 bits per heavy atom. The Morgan fingerprint density at radius 3 is 2.77 bits per heavy atom. The number of nitrogens with two attached hydrogens (primary N) is 1. The number of carbonyl (C=O) groups excluding carboxylic acids is 2. The molecule has 6 rings (SSSR count). The molecule has 40 heavy (non-hydrogen) atoms. The number of amidine groups is 1. The summed E-state index contributed by atoms with van der Waals surface area (Å²) in [6, 6.07) is 6.87. The molecular formula is C28H27F3N7O2+. The summed E-state index contributed by atoms with van der Waals surface area (Å²) in [7, 11) is 0. The number of aryl methyl sites for hydroxylation is 1. The Kier molecular flexibility index (Phi) is 6.19. The minimum atomic E-state index is -4.55. The van der Waals surface area contributed by atoms with Gasteiger partial charge in [-0.15, -0.1) is 4.59 Å². The number of fused-ring (bicyclic) bond motifs is 2. The molecule has 5 heterocycles. The van der Waals surface area contributed by atoms with E-state index in [-0.39, 0.29) is 27.8 Å². The van der Waals surface area contributed by atoms with E-state index >= 15 is 0 Å².